The molecule has 0 aliphatic carbocycles. The van der Waals surface area contributed by atoms with Crippen molar-refractivity contribution in [2.24, 2.45) is 5.92 Å². The highest BCUT2D eigenvalue weighted by Gasteiger charge is 2.19. The summed E-state index contributed by atoms with van der Waals surface area (Å²) < 4.78 is 22.1. The highest BCUT2D eigenvalue weighted by Crippen LogP contribution is 2.41. The smallest absolute Gasteiger partial charge is 0.144 e. The van der Waals surface area contributed by atoms with Crippen LogP contribution >= 0.6 is 11.3 Å². The van der Waals surface area contributed by atoms with E-state index in [0.717, 1.165) is 39.6 Å². The van der Waals surface area contributed by atoms with Gasteiger partial charge >= 0.3 is 0 Å². The minimum Gasteiger partial charge on any atom is -0.455 e. The summed E-state index contributed by atoms with van der Waals surface area (Å²) in [6.45, 7) is 8.47. The number of hydrogen-bond donors (Lipinski definition) is 0. The first-order valence-electron chi connectivity index (χ1n) is 10.4. The number of fused-ring (bicyclic) bond motifs is 4. The second-order valence-electron chi connectivity index (χ2n) is 8.70. The average Bonchev–Trinajstić information content (AvgIpc) is 3.28. The van der Waals surface area contributed by atoms with Crippen molar-refractivity contribution in [3.05, 3.63) is 64.9 Å². The maximum Gasteiger partial charge on any atom is 0.144 e. The average molecular weight is 418 g/mol. The first kappa shape index (κ1) is 19.3. The fourth-order valence-electron chi connectivity index (χ4n) is 4.27. The lowest BCUT2D eigenvalue weighted by Gasteiger charge is -2.06. The zero-order valence-corrected chi connectivity index (χ0v) is 18.4. The highest BCUT2D eigenvalue weighted by molar-refractivity contribution is 7.18. The molecule has 0 bridgehead atoms. The Labute approximate surface area is 179 Å². The van der Waals surface area contributed by atoms with Crippen LogP contribution in [0.5, 0.6) is 0 Å². The van der Waals surface area contributed by atoms with Crippen LogP contribution in [0.4, 0.5) is 4.39 Å². The first-order chi connectivity index (χ1) is 14.4. The van der Waals surface area contributed by atoms with E-state index in [0.29, 0.717) is 11.5 Å². The molecule has 3 heterocycles. The zero-order valence-electron chi connectivity index (χ0n) is 17.6. The predicted octanol–water partition coefficient (Wildman–Crippen LogP) is 8.32. The van der Waals surface area contributed by atoms with E-state index < -0.39 is 0 Å². The third kappa shape index (κ3) is 3.02. The van der Waals surface area contributed by atoms with E-state index in [-0.39, 0.29) is 11.7 Å². The molecule has 5 aromatic rings. The number of hydrogen-bond acceptors (Lipinski definition) is 3. The fourth-order valence-corrected chi connectivity index (χ4v) is 5.35. The van der Waals surface area contributed by atoms with Gasteiger partial charge in [-0.05, 0) is 64.4 Å². The Hall–Kier alpha value is -2.72. The Morgan fingerprint density at radius 3 is 2.63 bits per heavy atom. The van der Waals surface area contributed by atoms with Crippen molar-refractivity contribution < 1.29 is 8.81 Å². The predicted molar refractivity (Wildman–Crippen MR) is 125 cm³/mol. The third-order valence-corrected chi connectivity index (χ3v) is 6.74. The van der Waals surface area contributed by atoms with Crippen LogP contribution in [0.2, 0.25) is 0 Å². The van der Waals surface area contributed by atoms with Crippen molar-refractivity contribution in [3.8, 4) is 11.3 Å². The molecule has 2 nitrogen and oxygen atoms in total. The Bertz CT molecular complexity index is 1390. The van der Waals surface area contributed by atoms with Crippen molar-refractivity contribution in [1.29, 1.82) is 0 Å². The van der Waals surface area contributed by atoms with Gasteiger partial charge in [-0.1, -0.05) is 39.8 Å². The van der Waals surface area contributed by atoms with Crippen molar-refractivity contribution in [3.63, 3.8) is 0 Å². The molecule has 0 unspecified atom stereocenters. The summed E-state index contributed by atoms with van der Waals surface area (Å²) in [5.41, 5.74) is 5.43. The summed E-state index contributed by atoms with van der Waals surface area (Å²) in [6, 6.07) is 11.6. The van der Waals surface area contributed by atoms with Gasteiger partial charge in [0.05, 0.1) is 10.4 Å². The lowest BCUT2D eigenvalue weighted by atomic mass is 9.99. The second kappa shape index (κ2) is 7.21. The lowest BCUT2D eigenvalue weighted by Crippen LogP contribution is -1.92. The van der Waals surface area contributed by atoms with Crippen LogP contribution in [0.15, 0.2) is 52.4 Å². The van der Waals surface area contributed by atoms with Gasteiger partial charge in [-0.2, -0.15) is 0 Å². The molecule has 0 N–H and O–H groups in total. The van der Waals surface area contributed by atoms with Crippen LogP contribution in [0.1, 0.15) is 44.7 Å². The Morgan fingerprint density at radius 1 is 1.03 bits per heavy atom. The molecule has 0 saturated heterocycles. The molecule has 5 rings (SSSR count). The zero-order chi connectivity index (χ0) is 21.0. The maximum absolute atomic E-state index is 14.7. The normalized spacial score (nSPS) is 12.2. The molecular formula is C26H24FNOS. The second-order valence-corrected chi connectivity index (χ2v) is 9.58. The molecule has 0 atom stereocenters. The fraction of sp³-hybridized carbons (Fsp3) is 0.269. The Morgan fingerprint density at radius 2 is 1.87 bits per heavy atom. The van der Waals surface area contributed by atoms with Crippen molar-refractivity contribution in [2.45, 2.75) is 40.0 Å². The van der Waals surface area contributed by atoms with Crippen LogP contribution in [-0.4, -0.2) is 4.98 Å². The molecule has 30 heavy (non-hydrogen) atoms. The van der Waals surface area contributed by atoms with Gasteiger partial charge in [0, 0.05) is 22.5 Å². The molecule has 152 valence electrons. The molecule has 0 aliphatic heterocycles. The van der Waals surface area contributed by atoms with E-state index in [1.54, 1.807) is 17.4 Å². The van der Waals surface area contributed by atoms with Gasteiger partial charge in [0.15, 0.2) is 0 Å². The standard InChI is InChI=1S/C26H24FNOS/c1-14(2)10-16-13-30-26-17(16)8-9-28-24(26)19-7-5-6-18-21-11-22(27)20(15(3)4)12-23(21)29-25(18)19/h5-9,11-15H,10H2,1-4H3. The largest absolute Gasteiger partial charge is 0.455 e. The van der Waals surface area contributed by atoms with E-state index in [1.165, 1.54) is 15.6 Å². The Balaban J connectivity index is 1.76. The number of thiophene rings is 1. The van der Waals surface area contributed by atoms with E-state index in [2.05, 4.69) is 25.3 Å². The van der Waals surface area contributed by atoms with Gasteiger partial charge in [-0.3, -0.25) is 4.98 Å². The topological polar surface area (TPSA) is 26.0 Å². The summed E-state index contributed by atoms with van der Waals surface area (Å²) in [7, 11) is 0. The van der Waals surface area contributed by atoms with Gasteiger partial charge < -0.3 is 4.42 Å². The number of nitrogens with zero attached hydrogens (tertiary/aromatic N) is 1. The number of halogens is 1. The van der Waals surface area contributed by atoms with E-state index in [4.69, 9.17) is 9.40 Å². The third-order valence-electron chi connectivity index (χ3n) is 5.69. The number of aromatic nitrogens is 1. The molecule has 0 aliphatic rings. The molecule has 2 aromatic carbocycles. The minimum atomic E-state index is -0.178. The summed E-state index contributed by atoms with van der Waals surface area (Å²) in [4.78, 5) is 4.73. The molecule has 0 spiro atoms. The van der Waals surface area contributed by atoms with Crippen LogP contribution < -0.4 is 0 Å². The number of rotatable bonds is 4. The first-order valence-corrected chi connectivity index (χ1v) is 11.3. The van der Waals surface area contributed by atoms with Gasteiger partial charge in [0.1, 0.15) is 17.0 Å². The number of para-hydroxylation sites is 1. The van der Waals surface area contributed by atoms with Crippen molar-refractivity contribution in [2.75, 3.05) is 0 Å². The lowest BCUT2D eigenvalue weighted by molar-refractivity contribution is 0.597. The molecule has 3 aromatic heterocycles. The molecular weight excluding hydrogens is 393 g/mol. The van der Waals surface area contributed by atoms with Crippen molar-refractivity contribution in [1.82, 2.24) is 4.98 Å². The van der Waals surface area contributed by atoms with E-state index in [1.807, 2.05) is 44.3 Å². The molecule has 0 radical (unpaired) electrons. The molecule has 4 heteroatoms. The molecule has 0 amide bonds. The summed E-state index contributed by atoms with van der Waals surface area (Å²) in [5.74, 6) is 0.522. The van der Waals surface area contributed by atoms with Gasteiger partial charge in [-0.15, -0.1) is 11.3 Å². The monoisotopic (exact) mass is 417 g/mol. The van der Waals surface area contributed by atoms with Crippen LogP contribution in [-0.2, 0) is 6.42 Å². The molecule has 0 fully saturated rings. The van der Waals surface area contributed by atoms with Crippen molar-refractivity contribution >= 4 is 43.4 Å². The highest BCUT2D eigenvalue weighted by atomic mass is 32.1. The Kier molecular flexibility index (Phi) is 4.62. The summed E-state index contributed by atoms with van der Waals surface area (Å²) in [6.07, 6.45) is 2.93. The number of pyridine rings is 1. The quantitative estimate of drug-likeness (QED) is 0.294. The van der Waals surface area contributed by atoms with Gasteiger partial charge in [0.2, 0.25) is 0 Å². The van der Waals surface area contributed by atoms with E-state index >= 15 is 0 Å². The minimum absolute atomic E-state index is 0.1000. The summed E-state index contributed by atoms with van der Waals surface area (Å²) in [5, 5.41) is 5.25. The van der Waals surface area contributed by atoms with Crippen LogP contribution in [0.3, 0.4) is 0 Å². The summed E-state index contributed by atoms with van der Waals surface area (Å²) >= 11 is 1.74. The van der Waals surface area contributed by atoms with Gasteiger partial charge in [0.25, 0.3) is 0 Å². The molecule has 0 saturated carbocycles. The SMILES string of the molecule is CC(C)Cc1csc2c(-c3cccc4c3oc3cc(C(C)C)c(F)cc34)nccc12. The number of furan rings is 1. The van der Waals surface area contributed by atoms with Crippen LogP contribution in [0, 0.1) is 11.7 Å². The maximum atomic E-state index is 14.7. The van der Waals surface area contributed by atoms with Crippen LogP contribution in [0.25, 0.3) is 43.3 Å². The van der Waals surface area contributed by atoms with Gasteiger partial charge in [-0.25, -0.2) is 4.39 Å². The number of benzene rings is 2. The van der Waals surface area contributed by atoms with E-state index in [9.17, 15) is 4.39 Å².